The van der Waals surface area contributed by atoms with Crippen molar-refractivity contribution >= 4 is 16.9 Å². The van der Waals surface area contributed by atoms with Gasteiger partial charge in [-0.2, -0.15) is 0 Å². The maximum absolute atomic E-state index is 12.9. The summed E-state index contributed by atoms with van der Waals surface area (Å²) in [6.45, 7) is 9.20. The van der Waals surface area contributed by atoms with Crippen molar-refractivity contribution in [3.63, 3.8) is 0 Å². The molecule has 0 radical (unpaired) electrons. The highest BCUT2D eigenvalue weighted by Crippen LogP contribution is 2.17. The van der Waals surface area contributed by atoms with Gasteiger partial charge >= 0.3 is 0 Å². The molecule has 1 aromatic heterocycles. The fourth-order valence-corrected chi connectivity index (χ4v) is 3.66. The summed E-state index contributed by atoms with van der Waals surface area (Å²) in [5, 5.41) is 8.30. The number of rotatable bonds is 4. The van der Waals surface area contributed by atoms with Gasteiger partial charge in [-0.1, -0.05) is 29.5 Å². The zero-order valence-corrected chi connectivity index (χ0v) is 15.9. The van der Waals surface area contributed by atoms with Crippen LogP contribution in [0.5, 0.6) is 0 Å². The van der Waals surface area contributed by atoms with Gasteiger partial charge < -0.3 is 4.90 Å². The maximum atomic E-state index is 12.9. The van der Waals surface area contributed by atoms with E-state index in [0.717, 1.165) is 50.3 Å². The summed E-state index contributed by atoms with van der Waals surface area (Å²) < 4.78 is 1.84. The summed E-state index contributed by atoms with van der Waals surface area (Å²) in [4.78, 5) is 17.3. The third kappa shape index (κ3) is 3.57. The Hall–Kier alpha value is -2.73. The Morgan fingerprint density at radius 3 is 2.59 bits per heavy atom. The predicted molar refractivity (Wildman–Crippen MR) is 106 cm³/mol. The highest BCUT2D eigenvalue weighted by atomic mass is 16.2. The average Bonchev–Trinajstić information content (AvgIpc) is 3.12. The number of hydrogen-bond acceptors (Lipinski definition) is 4. The summed E-state index contributed by atoms with van der Waals surface area (Å²) in [5.74, 6) is 0.0819. The van der Waals surface area contributed by atoms with E-state index in [1.54, 1.807) is 0 Å². The van der Waals surface area contributed by atoms with E-state index in [0.29, 0.717) is 5.56 Å². The molecule has 140 valence electrons. The molecule has 1 aliphatic rings. The summed E-state index contributed by atoms with van der Waals surface area (Å²) in [7, 11) is 0. The molecule has 0 saturated carbocycles. The van der Waals surface area contributed by atoms with Crippen molar-refractivity contribution in [3.8, 4) is 0 Å². The normalized spacial score (nSPS) is 15.4. The van der Waals surface area contributed by atoms with Crippen LogP contribution < -0.4 is 0 Å². The number of hydrogen-bond donors (Lipinski definition) is 0. The second-order valence-corrected chi connectivity index (χ2v) is 7.10. The molecule has 1 fully saturated rings. The highest BCUT2D eigenvalue weighted by Gasteiger charge is 2.23. The van der Waals surface area contributed by atoms with Gasteiger partial charge in [0.1, 0.15) is 5.52 Å². The van der Waals surface area contributed by atoms with E-state index >= 15 is 0 Å². The number of carbonyl (C=O) groups is 1. The standard InChI is InChI=1S/C21H25N5O/c1-3-26-20-9-8-17(14-19(20)22-23-26)21(27)25-12-10-24(11-13-25)15-18-7-5-4-6-16(18)2/h4-9,14H,3,10-13,15H2,1-2H3. The minimum atomic E-state index is 0.0819. The first-order valence-corrected chi connectivity index (χ1v) is 9.55. The van der Waals surface area contributed by atoms with Crippen LogP contribution in [0.4, 0.5) is 0 Å². The van der Waals surface area contributed by atoms with Crippen LogP contribution in [0.1, 0.15) is 28.4 Å². The Morgan fingerprint density at radius 2 is 1.85 bits per heavy atom. The fourth-order valence-electron chi connectivity index (χ4n) is 3.66. The Labute approximate surface area is 159 Å². The van der Waals surface area contributed by atoms with Crippen molar-refractivity contribution in [3.05, 3.63) is 59.2 Å². The topological polar surface area (TPSA) is 54.3 Å². The molecule has 3 aromatic rings. The average molecular weight is 363 g/mol. The van der Waals surface area contributed by atoms with Crippen LogP contribution in [0.25, 0.3) is 11.0 Å². The van der Waals surface area contributed by atoms with E-state index in [2.05, 4.69) is 46.4 Å². The Bertz CT molecular complexity index is 956. The number of carbonyl (C=O) groups excluding carboxylic acids is 1. The quantitative estimate of drug-likeness (QED) is 0.715. The third-order valence-corrected chi connectivity index (χ3v) is 5.38. The molecule has 1 amide bonds. The first kappa shape index (κ1) is 17.7. The largest absolute Gasteiger partial charge is 0.336 e. The van der Waals surface area contributed by atoms with Gasteiger partial charge in [-0.15, -0.1) is 5.10 Å². The molecule has 0 N–H and O–H groups in total. The number of benzene rings is 2. The van der Waals surface area contributed by atoms with Crippen LogP contribution in [0.3, 0.4) is 0 Å². The molecule has 6 nitrogen and oxygen atoms in total. The molecule has 1 aliphatic heterocycles. The highest BCUT2D eigenvalue weighted by molar-refractivity contribution is 5.97. The van der Waals surface area contributed by atoms with Gasteiger partial charge in [0, 0.05) is 44.8 Å². The molecule has 0 unspecified atom stereocenters. The number of aryl methyl sites for hydroxylation is 2. The molecule has 27 heavy (non-hydrogen) atoms. The van der Waals surface area contributed by atoms with E-state index < -0.39 is 0 Å². The molecular formula is C21H25N5O. The van der Waals surface area contributed by atoms with Gasteiger partial charge in [-0.05, 0) is 43.2 Å². The Morgan fingerprint density at radius 1 is 1.07 bits per heavy atom. The number of amides is 1. The Balaban J connectivity index is 1.40. The van der Waals surface area contributed by atoms with Crippen LogP contribution in [0.15, 0.2) is 42.5 Å². The molecule has 2 aromatic carbocycles. The van der Waals surface area contributed by atoms with E-state index in [1.165, 1.54) is 11.1 Å². The molecule has 0 spiro atoms. The third-order valence-electron chi connectivity index (χ3n) is 5.38. The summed E-state index contributed by atoms with van der Waals surface area (Å²) in [6, 6.07) is 14.2. The molecule has 2 heterocycles. The van der Waals surface area contributed by atoms with Crippen molar-refractivity contribution in [2.24, 2.45) is 0 Å². The monoisotopic (exact) mass is 363 g/mol. The summed E-state index contributed by atoms with van der Waals surface area (Å²) in [6.07, 6.45) is 0. The van der Waals surface area contributed by atoms with Crippen LogP contribution in [0.2, 0.25) is 0 Å². The number of piperazine rings is 1. The minimum absolute atomic E-state index is 0.0819. The van der Waals surface area contributed by atoms with Gasteiger partial charge in [0.05, 0.1) is 5.52 Å². The second kappa shape index (κ2) is 7.48. The number of aromatic nitrogens is 3. The van der Waals surface area contributed by atoms with Crippen molar-refractivity contribution in [2.45, 2.75) is 26.9 Å². The van der Waals surface area contributed by atoms with E-state index in [9.17, 15) is 4.79 Å². The van der Waals surface area contributed by atoms with Crippen molar-refractivity contribution in [1.29, 1.82) is 0 Å². The SMILES string of the molecule is CCn1nnc2cc(C(=O)N3CCN(Cc4ccccc4C)CC3)ccc21. The van der Waals surface area contributed by atoms with Crippen LogP contribution in [-0.2, 0) is 13.1 Å². The van der Waals surface area contributed by atoms with Gasteiger partial charge in [0.15, 0.2) is 0 Å². The van der Waals surface area contributed by atoms with Crippen molar-refractivity contribution < 1.29 is 4.79 Å². The van der Waals surface area contributed by atoms with Crippen molar-refractivity contribution in [1.82, 2.24) is 24.8 Å². The molecule has 0 atom stereocenters. The minimum Gasteiger partial charge on any atom is -0.336 e. The smallest absolute Gasteiger partial charge is 0.254 e. The fraction of sp³-hybridized carbons (Fsp3) is 0.381. The van der Waals surface area contributed by atoms with Gasteiger partial charge in [-0.25, -0.2) is 4.68 Å². The predicted octanol–water partition coefficient (Wildman–Crippen LogP) is 2.72. The van der Waals surface area contributed by atoms with Gasteiger partial charge in [0.25, 0.3) is 5.91 Å². The lowest BCUT2D eigenvalue weighted by atomic mass is 10.1. The molecule has 4 rings (SSSR count). The van der Waals surface area contributed by atoms with E-state index in [-0.39, 0.29) is 5.91 Å². The molecule has 1 saturated heterocycles. The second-order valence-electron chi connectivity index (χ2n) is 7.10. The van der Waals surface area contributed by atoms with Crippen LogP contribution >= 0.6 is 0 Å². The molecule has 0 bridgehead atoms. The summed E-state index contributed by atoms with van der Waals surface area (Å²) in [5.41, 5.74) is 5.13. The molecular weight excluding hydrogens is 338 g/mol. The van der Waals surface area contributed by atoms with Gasteiger partial charge in [0.2, 0.25) is 0 Å². The summed E-state index contributed by atoms with van der Waals surface area (Å²) >= 11 is 0. The van der Waals surface area contributed by atoms with E-state index in [1.807, 2.05) is 34.7 Å². The van der Waals surface area contributed by atoms with E-state index in [4.69, 9.17) is 0 Å². The van der Waals surface area contributed by atoms with Crippen molar-refractivity contribution in [2.75, 3.05) is 26.2 Å². The lowest BCUT2D eigenvalue weighted by Crippen LogP contribution is -2.48. The zero-order valence-electron chi connectivity index (χ0n) is 15.9. The zero-order chi connectivity index (χ0) is 18.8. The molecule has 0 aliphatic carbocycles. The number of fused-ring (bicyclic) bond motifs is 1. The number of nitrogens with zero attached hydrogens (tertiary/aromatic N) is 5. The first-order valence-electron chi connectivity index (χ1n) is 9.55. The molecule has 6 heteroatoms. The van der Waals surface area contributed by atoms with Gasteiger partial charge in [-0.3, -0.25) is 9.69 Å². The Kier molecular flexibility index (Phi) is 4.90. The van der Waals surface area contributed by atoms with Crippen LogP contribution in [0, 0.1) is 6.92 Å². The lowest BCUT2D eigenvalue weighted by Gasteiger charge is -2.35. The van der Waals surface area contributed by atoms with Crippen LogP contribution in [-0.4, -0.2) is 56.9 Å². The first-order chi connectivity index (χ1) is 13.2. The lowest BCUT2D eigenvalue weighted by molar-refractivity contribution is 0.0628. The maximum Gasteiger partial charge on any atom is 0.254 e.